The van der Waals surface area contributed by atoms with Gasteiger partial charge in [-0.25, -0.2) is 0 Å². The van der Waals surface area contributed by atoms with Gasteiger partial charge >= 0.3 is 11.9 Å². The van der Waals surface area contributed by atoms with Crippen LogP contribution in [0.1, 0.15) is 160 Å². The molecular weight excluding hydrogens is 556 g/mol. The molecule has 0 radical (unpaired) electrons. The molecule has 0 amide bonds. The van der Waals surface area contributed by atoms with E-state index in [1.165, 1.54) is 5.56 Å². The number of esters is 2. The Balaban J connectivity index is 2.57. The Morgan fingerprint density at radius 1 is 0.844 bits per heavy atom. The molecule has 0 spiro atoms. The predicted molar refractivity (Wildman–Crippen MR) is 189 cm³/mol. The number of rotatable bonds is 16. The van der Waals surface area contributed by atoms with Gasteiger partial charge in [0, 0.05) is 6.42 Å². The molecule has 0 saturated heterocycles. The zero-order chi connectivity index (χ0) is 34.7. The first-order valence-corrected chi connectivity index (χ1v) is 17.8. The molecule has 1 aromatic carbocycles. The molecule has 0 bridgehead atoms. The molecule has 1 aliphatic rings. The highest BCUT2D eigenvalue weighted by Gasteiger charge is 2.76. The zero-order valence-corrected chi connectivity index (χ0v) is 32.0. The fraction of sp³-hybridized carbons (Fsp3) is 0.805. The van der Waals surface area contributed by atoms with E-state index in [1.54, 1.807) is 0 Å². The lowest BCUT2D eigenvalue weighted by Crippen LogP contribution is -2.45. The number of carbonyl (C=O) groups is 2. The first-order valence-electron chi connectivity index (χ1n) is 17.8. The van der Waals surface area contributed by atoms with E-state index >= 15 is 0 Å². The maximum Gasteiger partial charge on any atom is 0.312 e. The maximum absolute atomic E-state index is 14.4. The van der Waals surface area contributed by atoms with Crippen LogP contribution in [-0.2, 0) is 19.1 Å². The Labute approximate surface area is 278 Å². The van der Waals surface area contributed by atoms with Crippen molar-refractivity contribution in [1.82, 2.24) is 0 Å². The van der Waals surface area contributed by atoms with Crippen LogP contribution >= 0.6 is 0 Å². The molecule has 1 fully saturated rings. The van der Waals surface area contributed by atoms with Crippen LogP contribution in [0, 0.1) is 43.8 Å². The van der Waals surface area contributed by atoms with Crippen molar-refractivity contribution in [2.75, 3.05) is 13.2 Å². The third-order valence-corrected chi connectivity index (χ3v) is 12.3. The van der Waals surface area contributed by atoms with Crippen LogP contribution in [0.4, 0.5) is 0 Å². The van der Waals surface area contributed by atoms with E-state index in [2.05, 4.69) is 127 Å². The van der Waals surface area contributed by atoms with E-state index < -0.39 is 5.41 Å². The molecule has 0 aliphatic heterocycles. The van der Waals surface area contributed by atoms with Gasteiger partial charge in [-0.3, -0.25) is 9.59 Å². The molecule has 45 heavy (non-hydrogen) atoms. The lowest BCUT2D eigenvalue weighted by molar-refractivity contribution is -0.157. The Morgan fingerprint density at radius 2 is 1.42 bits per heavy atom. The van der Waals surface area contributed by atoms with Gasteiger partial charge in [0.25, 0.3) is 0 Å². The number of hydrogen-bond donors (Lipinski definition) is 0. The molecule has 4 heteroatoms. The van der Waals surface area contributed by atoms with Crippen molar-refractivity contribution < 1.29 is 19.1 Å². The standard InChI is InChI=1S/C41H70O4/c1-16-18-24-45-34(43)41(29-40(41,15)37(9,10)26-31(36(6,7)8)25-33(42)44-17-2)28-38(11,12)39(13,14)32(27-35(3,4)5)30-22-20-19-21-23-30/h19-23,31-32H,16-18,24-29H2,1-15H3/t31?,32-,40?,41?/m1/s1. The summed E-state index contributed by atoms with van der Waals surface area (Å²) in [6.07, 6.45) is 5.75. The number of carbonyl (C=O) groups excluding carboxylic acids is 2. The van der Waals surface area contributed by atoms with Crippen molar-refractivity contribution in [1.29, 1.82) is 0 Å². The fourth-order valence-electron chi connectivity index (χ4n) is 8.01. The van der Waals surface area contributed by atoms with Crippen LogP contribution in [-0.4, -0.2) is 25.2 Å². The monoisotopic (exact) mass is 627 g/mol. The summed E-state index contributed by atoms with van der Waals surface area (Å²) in [6, 6.07) is 11.0. The molecule has 258 valence electrons. The van der Waals surface area contributed by atoms with E-state index in [4.69, 9.17) is 9.47 Å². The van der Waals surface area contributed by atoms with E-state index in [9.17, 15) is 9.59 Å². The first kappa shape index (κ1) is 39.3. The lowest BCUT2D eigenvalue weighted by Gasteiger charge is -2.51. The molecule has 3 unspecified atom stereocenters. The quantitative estimate of drug-likeness (QED) is 0.135. The van der Waals surface area contributed by atoms with Crippen LogP contribution in [0.5, 0.6) is 0 Å². The average molecular weight is 627 g/mol. The van der Waals surface area contributed by atoms with Gasteiger partial charge in [0.05, 0.1) is 18.6 Å². The van der Waals surface area contributed by atoms with Crippen molar-refractivity contribution in [2.24, 2.45) is 43.8 Å². The second-order valence-electron chi connectivity index (χ2n) is 18.8. The van der Waals surface area contributed by atoms with Crippen LogP contribution in [0.3, 0.4) is 0 Å². The van der Waals surface area contributed by atoms with Gasteiger partial charge in [-0.1, -0.05) is 134 Å². The van der Waals surface area contributed by atoms with E-state index in [1.807, 2.05) is 6.92 Å². The van der Waals surface area contributed by atoms with Gasteiger partial charge in [-0.2, -0.15) is 0 Å². The van der Waals surface area contributed by atoms with E-state index in [-0.39, 0.29) is 50.3 Å². The number of hydrogen-bond acceptors (Lipinski definition) is 4. The minimum absolute atomic E-state index is 0.0276. The Kier molecular flexibility index (Phi) is 12.3. The summed E-state index contributed by atoms with van der Waals surface area (Å²) in [6.45, 7) is 35.1. The van der Waals surface area contributed by atoms with Crippen molar-refractivity contribution in [3.8, 4) is 0 Å². The Morgan fingerprint density at radius 3 is 1.91 bits per heavy atom. The zero-order valence-electron chi connectivity index (χ0n) is 32.0. The Bertz CT molecular complexity index is 1120. The summed E-state index contributed by atoms with van der Waals surface area (Å²) in [5.74, 6) is 0.305. The summed E-state index contributed by atoms with van der Waals surface area (Å²) >= 11 is 0. The maximum atomic E-state index is 14.4. The molecule has 1 aliphatic carbocycles. The van der Waals surface area contributed by atoms with Gasteiger partial charge in [-0.15, -0.1) is 0 Å². The minimum Gasteiger partial charge on any atom is -0.466 e. The highest BCUT2D eigenvalue weighted by molar-refractivity contribution is 5.82. The van der Waals surface area contributed by atoms with E-state index in [0.717, 1.165) is 38.5 Å². The van der Waals surface area contributed by atoms with Crippen molar-refractivity contribution >= 4 is 11.9 Å². The highest BCUT2D eigenvalue weighted by atomic mass is 16.5. The van der Waals surface area contributed by atoms with Crippen LogP contribution in [0.15, 0.2) is 30.3 Å². The molecule has 1 aromatic rings. The second kappa shape index (κ2) is 14.1. The normalized spacial score (nSPS) is 22.5. The number of unbranched alkanes of at least 4 members (excludes halogenated alkanes) is 1. The largest absolute Gasteiger partial charge is 0.466 e. The summed E-state index contributed by atoms with van der Waals surface area (Å²) in [5.41, 5.74) is 0.121. The Hall–Kier alpha value is -1.84. The van der Waals surface area contributed by atoms with Gasteiger partial charge in [0.15, 0.2) is 0 Å². The molecule has 0 heterocycles. The molecule has 4 atom stereocenters. The average Bonchev–Trinajstić information content (AvgIpc) is 3.52. The SMILES string of the molecule is CCCCOC(=O)C1(CC(C)(C)C(C)(C)[C@H](CC(C)(C)C)c2ccccc2)CC1(C)C(C)(C)CC(CC(=O)OCC)C(C)(C)C. The number of ether oxygens (including phenoxy) is 2. The minimum atomic E-state index is -0.583. The third-order valence-electron chi connectivity index (χ3n) is 12.3. The van der Waals surface area contributed by atoms with Crippen molar-refractivity contribution in [2.45, 2.75) is 155 Å². The molecule has 1 saturated carbocycles. The number of benzene rings is 1. The summed E-state index contributed by atoms with van der Waals surface area (Å²) < 4.78 is 11.5. The van der Waals surface area contributed by atoms with E-state index in [0.29, 0.717) is 25.6 Å². The summed E-state index contributed by atoms with van der Waals surface area (Å²) in [4.78, 5) is 27.1. The highest BCUT2D eigenvalue weighted by Crippen LogP contribution is 2.78. The van der Waals surface area contributed by atoms with Crippen LogP contribution in [0.2, 0.25) is 0 Å². The van der Waals surface area contributed by atoms with Gasteiger partial charge < -0.3 is 9.47 Å². The van der Waals surface area contributed by atoms with Gasteiger partial charge in [0.2, 0.25) is 0 Å². The van der Waals surface area contributed by atoms with Crippen LogP contribution in [0.25, 0.3) is 0 Å². The molecule has 0 N–H and O–H groups in total. The van der Waals surface area contributed by atoms with Crippen molar-refractivity contribution in [3.05, 3.63) is 35.9 Å². The first-order chi connectivity index (χ1) is 20.4. The summed E-state index contributed by atoms with van der Waals surface area (Å²) in [5, 5.41) is 0. The summed E-state index contributed by atoms with van der Waals surface area (Å²) in [7, 11) is 0. The molecular formula is C41H70O4. The molecule has 2 rings (SSSR count). The van der Waals surface area contributed by atoms with Crippen molar-refractivity contribution in [3.63, 3.8) is 0 Å². The van der Waals surface area contributed by atoms with Gasteiger partial charge in [-0.05, 0) is 88.9 Å². The molecule has 0 aromatic heterocycles. The smallest absolute Gasteiger partial charge is 0.312 e. The topological polar surface area (TPSA) is 52.6 Å². The fourth-order valence-corrected chi connectivity index (χ4v) is 8.01. The van der Waals surface area contributed by atoms with Crippen LogP contribution < -0.4 is 0 Å². The second-order valence-corrected chi connectivity index (χ2v) is 18.8. The van der Waals surface area contributed by atoms with Gasteiger partial charge in [0.1, 0.15) is 0 Å². The third kappa shape index (κ3) is 8.95. The molecule has 4 nitrogen and oxygen atoms in total. The predicted octanol–water partition coefficient (Wildman–Crippen LogP) is 11.4. The lowest BCUT2D eigenvalue weighted by atomic mass is 9.53.